The molecule has 0 spiro atoms. The molecule has 0 radical (unpaired) electrons. The van der Waals surface area contributed by atoms with Crippen LogP contribution >= 0.6 is 0 Å². The summed E-state index contributed by atoms with van der Waals surface area (Å²) in [5.74, 6) is 2.06. The lowest BCUT2D eigenvalue weighted by Crippen LogP contribution is -2.60. The molecule has 3 saturated heterocycles. The SMILES string of the molecule is CC(C)O[SiH2]C(C1COC1)(C1COC1)C1COC1. The maximum Gasteiger partial charge on any atom is 0.169 e. The van der Waals surface area contributed by atoms with E-state index < -0.39 is 9.76 Å². The Morgan fingerprint density at radius 1 is 0.889 bits per heavy atom. The van der Waals surface area contributed by atoms with E-state index in [9.17, 15) is 0 Å². The first-order valence-electron chi connectivity index (χ1n) is 7.08. The highest BCUT2D eigenvalue weighted by atomic mass is 28.2. The van der Waals surface area contributed by atoms with Crippen LogP contribution in [0.4, 0.5) is 0 Å². The zero-order valence-corrected chi connectivity index (χ0v) is 12.8. The van der Waals surface area contributed by atoms with E-state index in [0.717, 1.165) is 39.6 Å². The molecule has 0 N–H and O–H groups in total. The minimum absolute atomic E-state index is 0.346. The van der Waals surface area contributed by atoms with Crippen molar-refractivity contribution >= 4 is 9.76 Å². The van der Waals surface area contributed by atoms with Crippen molar-refractivity contribution in [2.75, 3.05) is 39.6 Å². The van der Waals surface area contributed by atoms with Gasteiger partial charge in [-0.2, -0.15) is 0 Å². The number of rotatable bonds is 6. The van der Waals surface area contributed by atoms with Gasteiger partial charge in [0.25, 0.3) is 0 Å². The van der Waals surface area contributed by atoms with Gasteiger partial charge >= 0.3 is 0 Å². The molecular formula is C13H24O4Si. The Morgan fingerprint density at radius 2 is 1.28 bits per heavy atom. The molecule has 0 aromatic carbocycles. The Kier molecular flexibility index (Phi) is 3.78. The summed E-state index contributed by atoms with van der Waals surface area (Å²) in [7, 11) is -0.591. The smallest absolute Gasteiger partial charge is 0.169 e. The number of hydrogen-bond acceptors (Lipinski definition) is 4. The highest BCUT2D eigenvalue weighted by Crippen LogP contribution is 2.56. The lowest BCUT2D eigenvalue weighted by atomic mass is 9.69. The highest BCUT2D eigenvalue weighted by molar-refractivity contribution is 6.33. The van der Waals surface area contributed by atoms with E-state index in [4.69, 9.17) is 18.6 Å². The van der Waals surface area contributed by atoms with Crippen molar-refractivity contribution in [3.05, 3.63) is 0 Å². The zero-order chi connectivity index (χ0) is 12.6. The fourth-order valence-corrected chi connectivity index (χ4v) is 5.34. The average Bonchev–Trinajstić information content (AvgIpc) is 2.05. The van der Waals surface area contributed by atoms with Crippen LogP contribution < -0.4 is 0 Å². The van der Waals surface area contributed by atoms with E-state index in [1.807, 2.05) is 0 Å². The predicted octanol–water partition coefficient (Wildman–Crippen LogP) is 0.593. The molecule has 3 rings (SSSR count). The summed E-state index contributed by atoms with van der Waals surface area (Å²) >= 11 is 0. The molecule has 3 heterocycles. The molecule has 0 bridgehead atoms. The van der Waals surface area contributed by atoms with Crippen LogP contribution in [-0.4, -0.2) is 55.5 Å². The first-order chi connectivity index (χ1) is 8.73. The van der Waals surface area contributed by atoms with Gasteiger partial charge in [-0.3, -0.25) is 0 Å². The van der Waals surface area contributed by atoms with Crippen molar-refractivity contribution in [3.63, 3.8) is 0 Å². The van der Waals surface area contributed by atoms with Gasteiger partial charge in [0.15, 0.2) is 9.76 Å². The monoisotopic (exact) mass is 272 g/mol. The van der Waals surface area contributed by atoms with Crippen LogP contribution in [0.3, 0.4) is 0 Å². The largest absolute Gasteiger partial charge is 0.421 e. The van der Waals surface area contributed by atoms with Crippen molar-refractivity contribution in [1.29, 1.82) is 0 Å². The third-order valence-electron chi connectivity index (χ3n) is 4.86. The van der Waals surface area contributed by atoms with Crippen LogP contribution in [0.5, 0.6) is 0 Å². The molecule has 3 aliphatic heterocycles. The standard InChI is InChI=1S/C13H24O4Si/c1-9(2)17-18-13(10-3-14-4-10,11-5-15-6-11)12-7-16-8-12/h9-12H,3-8,18H2,1-2H3. The molecule has 0 aromatic heterocycles. The Bertz CT molecular complexity index is 249. The number of ether oxygens (including phenoxy) is 3. The average molecular weight is 272 g/mol. The van der Waals surface area contributed by atoms with Crippen molar-refractivity contribution < 1.29 is 18.6 Å². The van der Waals surface area contributed by atoms with Gasteiger partial charge < -0.3 is 18.6 Å². The molecule has 0 saturated carbocycles. The normalized spacial score (nSPS) is 27.5. The van der Waals surface area contributed by atoms with Crippen LogP contribution in [0.15, 0.2) is 0 Å². The molecule has 0 aromatic rings. The molecule has 5 heteroatoms. The van der Waals surface area contributed by atoms with E-state index in [1.54, 1.807) is 0 Å². The molecule has 0 atom stereocenters. The van der Waals surface area contributed by atoms with Gasteiger partial charge in [0.2, 0.25) is 0 Å². The quantitative estimate of drug-likeness (QED) is 0.663. The maximum atomic E-state index is 6.15. The van der Waals surface area contributed by atoms with Crippen LogP contribution in [0.25, 0.3) is 0 Å². The van der Waals surface area contributed by atoms with Crippen molar-refractivity contribution in [1.82, 2.24) is 0 Å². The molecule has 0 amide bonds. The third kappa shape index (κ3) is 2.06. The molecule has 3 fully saturated rings. The van der Waals surface area contributed by atoms with Crippen LogP contribution in [0.2, 0.25) is 5.04 Å². The fraction of sp³-hybridized carbons (Fsp3) is 1.00. The van der Waals surface area contributed by atoms with E-state index in [-0.39, 0.29) is 0 Å². The Balaban J connectivity index is 1.77. The van der Waals surface area contributed by atoms with Gasteiger partial charge in [-0.15, -0.1) is 0 Å². The summed E-state index contributed by atoms with van der Waals surface area (Å²) in [6.07, 6.45) is 0.346. The summed E-state index contributed by atoms with van der Waals surface area (Å²) in [5, 5.41) is 0.360. The van der Waals surface area contributed by atoms with Crippen molar-refractivity contribution in [2.45, 2.75) is 25.0 Å². The molecule has 18 heavy (non-hydrogen) atoms. The van der Waals surface area contributed by atoms with Gasteiger partial charge in [-0.1, -0.05) is 0 Å². The summed E-state index contributed by atoms with van der Waals surface area (Å²) in [6.45, 7) is 9.79. The second kappa shape index (κ2) is 5.21. The predicted molar refractivity (Wildman–Crippen MR) is 70.4 cm³/mol. The maximum absolute atomic E-state index is 6.15. The van der Waals surface area contributed by atoms with Gasteiger partial charge in [0.05, 0.1) is 39.6 Å². The van der Waals surface area contributed by atoms with Crippen LogP contribution in [0, 0.1) is 17.8 Å². The molecule has 3 aliphatic rings. The topological polar surface area (TPSA) is 36.9 Å². The van der Waals surface area contributed by atoms with Crippen molar-refractivity contribution in [2.24, 2.45) is 17.8 Å². The zero-order valence-electron chi connectivity index (χ0n) is 11.4. The lowest BCUT2D eigenvalue weighted by molar-refractivity contribution is -0.177. The highest BCUT2D eigenvalue weighted by Gasteiger charge is 2.57. The van der Waals surface area contributed by atoms with Gasteiger partial charge in [-0.25, -0.2) is 0 Å². The Hall–Kier alpha value is 0.0569. The van der Waals surface area contributed by atoms with Crippen molar-refractivity contribution in [3.8, 4) is 0 Å². The molecule has 4 nitrogen and oxygen atoms in total. The molecular weight excluding hydrogens is 248 g/mol. The first-order valence-corrected chi connectivity index (χ1v) is 8.36. The summed E-state index contributed by atoms with van der Waals surface area (Å²) in [5.41, 5.74) is 0. The van der Waals surface area contributed by atoms with Gasteiger partial charge in [-0.05, 0) is 13.8 Å². The van der Waals surface area contributed by atoms with E-state index in [2.05, 4.69) is 13.8 Å². The fourth-order valence-electron chi connectivity index (χ4n) is 3.30. The van der Waals surface area contributed by atoms with E-state index in [0.29, 0.717) is 28.9 Å². The summed E-state index contributed by atoms with van der Waals surface area (Å²) in [6, 6.07) is 0. The molecule has 104 valence electrons. The minimum atomic E-state index is -0.591. The van der Waals surface area contributed by atoms with E-state index in [1.165, 1.54) is 0 Å². The van der Waals surface area contributed by atoms with Gasteiger partial charge in [0.1, 0.15) is 0 Å². The van der Waals surface area contributed by atoms with Crippen LogP contribution in [-0.2, 0) is 18.6 Å². The Labute approximate surface area is 111 Å². The van der Waals surface area contributed by atoms with Gasteiger partial charge in [0, 0.05) is 28.9 Å². The summed E-state index contributed by atoms with van der Waals surface area (Å²) < 4.78 is 22.6. The summed E-state index contributed by atoms with van der Waals surface area (Å²) in [4.78, 5) is 0. The Morgan fingerprint density at radius 3 is 1.50 bits per heavy atom. The minimum Gasteiger partial charge on any atom is -0.421 e. The first kappa shape index (κ1) is 13.1. The second-order valence-electron chi connectivity index (χ2n) is 6.18. The lowest BCUT2D eigenvalue weighted by Gasteiger charge is -2.57. The van der Waals surface area contributed by atoms with Crippen LogP contribution in [0.1, 0.15) is 13.8 Å². The number of hydrogen-bond donors (Lipinski definition) is 0. The van der Waals surface area contributed by atoms with E-state index >= 15 is 0 Å². The molecule has 0 unspecified atom stereocenters. The molecule has 0 aliphatic carbocycles. The third-order valence-corrected chi connectivity index (χ3v) is 7.93. The second-order valence-corrected chi connectivity index (χ2v) is 8.02.